The van der Waals surface area contributed by atoms with Crippen molar-refractivity contribution in [2.24, 2.45) is 0 Å². The SMILES string of the molecule is COc1ccccc1[C@H](CNC(=S)Nc1ccc(Cl)cc1Cl)[NH+](C)C. The number of halogens is 2. The highest BCUT2D eigenvalue weighted by atomic mass is 35.5. The fourth-order valence-corrected chi connectivity index (χ4v) is 3.18. The van der Waals surface area contributed by atoms with Gasteiger partial charge in [-0.3, -0.25) is 0 Å². The van der Waals surface area contributed by atoms with Crippen molar-refractivity contribution >= 4 is 46.2 Å². The first-order chi connectivity index (χ1) is 11.9. The molecule has 1 atom stereocenters. The minimum Gasteiger partial charge on any atom is -0.496 e. The van der Waals surface area contributed by atoms with E-state index in [0.717, 1.165) is 17.0 Å². The largest absolute Gasteiger partial charge is 0.496 e. The molecule has 2 rings (SSSR count). The van der Waals surface area contributed by atoms with E-state index in [0.29, 0.717) is 21.7 Å². The van der Waals surface area contributed by atoms with Gasteiger partial charge in [-0.2, -0.15) is 0 Å². The van der Waals surface area contributed by atoms with Crippen LogP contribution in [0.25, 0.3) is 0 Å². The number of hydrogen-bond acceptors (Lipinski definition) is 2. The minimum atomic E-state index is 0.177. The minimum absolute atomic E-state index is 0.177. The number of methoxy groups -OCH3 is 1. The zero-order valence-electron chi connectivity index (χ0n) is 14.4. The molecule has 0 saturated carbocycles. The van der Waals surface area contributed by atoms with Gasteiger partial charge in [-0.15, -0.1) is 0 Å². The molecule has 7 heteroatoms. The lowest BCUT2D eigenvalue weighted by Crippen LogP contribution is -3.07. The van der Waals surface area contributed by atoms with Gasteiger partial charge in [0.1, 0.15) is 11.8 Å². The third kappa shape index (κ3) is 5.47. The molecule has 0 spiro atoms. The van der Waals surface area contributed by atoms with Crippen LogP contribution in [-0.4, -0.2) is 32.9 Å². The number of rotatable bonds is 6. The van der Waals surface area contributed by atoms with Gasteiger partial charge in [0, 0.05) is 5.02 Å². The van der Waals surface area contributed by atoms with Gasteiger partial charge in [-0.25, -0.2) is 0 Å². The standard InChI is InChI=1S/C18H21Cl2N3OS/c1-23(2)16(13-6-4-5-7-17(13)24-3)11-21-18(25)22-15-9-8-12(19)10-14(15)20/h4-10,16H,11H2,1-3H3,(H2,21,22,25)/p+1/t16-/m0/s1. The van der Waals surface area contributed by atoms with Gasteiger partial charge < -0.3 is 20.3 Å². The first-order valence-corrected chi connectivity index (χ1v) is 9.01. The Morgan fingerprint density at radius 3 is 2.56 bits per heavy atom. The van der Waals surface area contributed by atoms with Gasteiger partial charge in [-0.1, -0.05) is 35.3 Å². The topological polar surface area (TPSA) is 37.7 Å². The van der Waals surface area contributed by atoms with Gasteiger partial charge in [0.2, 0.25) is 0 Å². The van der Waals surface area contributed by atoms with Crippen LogP contribution in [0.2, 0.25) is 10.0 Å². The summed E-state index contributed by atoms with van der Waals surface area (Å²) in [4.78, 5) is 1.27. The Morgan fingerprint density at radius 1 is 1.20 bits per heavy atom. The molecule has 2 aromatic carbocycles. The molecule has 0 aliphatic rings. The second-order valence-electron chi connectivity index (χ2n) is 5.83. The smallest absolute Gasteiger partial charge is 0.171 e. The van der Waals surface area contributed by atoms with E-state index in [9.17, 15) is 0 Å². The average molecular weight is 399 g/mol. The van der Waals surface area contributed by atoms with E-state index in [1.807, 2.05) is 18.2 Å². The average Bonchev–Trinajstić information content (AvgIpc) is 2.57. The second kappa shape index (κ2) is 9.25. The van der Waals surface area contributed by atoms with E-state index >= 15 is 0 Å². The molecular formula is C18H22Cl2N3OS+. The summed E-state index contributed by atoms with van der Waals surface area (Å²) >= 11 is 17.5. The molecule has 4 nitrogen and oxygen atoms in total. The fourth-order valence-electron chi connectivity index (χ4n) is 2.53. The van der Waals surface area contributed by atoms with E-state index < -0.39 is 0 Å². The van der Waals surface area contributed by atoms with Crippen LogP contribution in [0, 0.1) is 0 Å². The highest BCUT2D eigenvalue weighted by Crippen LogP contribution is 2.25. The third-order valence-electron chi connectivity index (χ3n) is 3.86. The van der Waals surface area contributed by atoms with E-state index in [4.69, 9.17) is 40.2 Å². The van der Waals surface area contributed by atoms with Crippen LogP contribution in [0.1, 0.15) is 11.6 Å². The van der Waals surface area contributed by atoms with Crippen LogP contribution in [0.4, 0.5) is 5.69 Å². The van der Waals surface area contributed by atoms with Crippen LogP contribution in [-0.2, 0) is 0 Å². The van der Waals surface area contributed by atoms with Crippen molar-refractivity contribution in [3.05, 3.63) is 58.1 Å². The predicted molar refractivity (Wildman–Crippen MR) is 109 cm³/mol. The van der Waals surface area contributed by atoms with Gasteiger partial charge in [0.25, 0.3) is 0 Å². The summed E-state index contributed by atoms with van der Waals surface area (Å²) in [6.45, 7) is 0.653. The molecule has 3 N–H and O–H groups in total. The molecule has 0 bridgehead atoms. The van der Waals surface area contributed by atoms with Crippen LogP contribution < -0.4 is 20.3 Å². The van der Waals surface area contributed by atoms with Crippen molar-refractivity contribution in [3.8, 4) is 5.75 Å². The molecule has 134 valence electrons. The molecule has 0 aliphatic heterocycles. The van der Waals surface area contributed by atoms with Gasteiger partial charge in [-0.05, 0) is 42.5 Å². The highest BCUT2D eigenvalue weighted by molar-refractivity contribution is 7.80. The van der Waals surface area contributed by atoms with E-state index in [1.165, 1.54) is 4.90 Å². The summed E-state index contributed by atoms with van der Waals surface area (Å²) in [5.74, 6) is 0.870. The van der Waals surface area contributed by atoms with E-state index in [1.54, 1.807) is 25.3 Å². The zero-order chi connectivity index (χ0) is 18.4. The van der Waals surface area contributed by atoms with E-state index in [2.05, 4.69) is 30.8 Å². The number of likely N-dealkylation sites (N-methyl/N-ethyl adjacent to an activating group) is 1. The Hall–Kier alpha value is -1.53. The van der Waals surface area contributed by atoms with Crippen molar-refractivity contribution in [1.29, 1.82) is 0 Å². The number of nitrogens with one attached hydrogen (secondary N) is 3. The van der Waals surface area contributed by atoms with Gasteiger partial charge in [0.05, 0.1) is 44.0 Å². The molecule has 25 heavy (non-hydrogen) atoms. The first kappa shape index (κ1) is 19.8. The normalized spacial score (nSPS) is 11.9. The number of para-hydroxylation sites is 1. The Morgan fingerprint density at radius 2 is 1.92 bits per heavy atom. The quantitative estimate of drug-likeness (QED) is 0.653. The molecule has 0 aliphatic carbocycles. The van der Waals surface area contributed by atoms with Crippen molar-refractivity contribution in [2.75, 3.05) is 33.1 Å². The molecule has 0 unspecified atom stereocenters. The molecule has 2 aromatic rings. The first-order valence-electron chi connectivity index (χ1n) is 7.85. The lowest BCUT2D eigenvalue weighted by atomic mass is 10.0. The van der Waals surface area contributed by atoms with Crippen molar-refractivity contribution in [1.82, 2.24) is 5.32 Å². The molecular weight excluding hydrogens is 377 g/mol. The van der Waals surface area contributed by atoms with Crippen molar-refractivity contribution < 1.29 is 9.64 Å². The Bertz CT molecular complexity index is 740. The Kier molecular flexibility index (Phi) is 7.32. The Balaban J connectivity index is 2.04. The number of thiocarbonyl (C=S) groups is 1. The van der Waals surface area contributed by atoms with Crippen LogP contribution in [0.3, 0.4) is 0 Å². The summed E-state index contributed by atoms with van der Waals surface area (Å²) in [7, 11) is 5.89. The lowest BCUT2D eigenvalue weighted by Gasteiger charge is -2.24. The summed E-state index contributed by atoms with van der Waals surface area (Å²) < 4.78 is 5.49. The third-order valence-corrected chi connectivity index (χ3v) is 4.65. The fraction of sp³-hybridized carbons (Fsp3) is 0.278. The summed E-state index contributed by atoms with van der Waals surface area (Å²) in [5, 5.41) is 7.97. The highest BCUT2D eigenvalue weighted by Gasteiger charge is 2.21. The molecule has 0 aromatic heterocycles. The van der Waals surface area contributed by atoms with E-state index in [-0.39, 0.29) is 6.04 Å². The Labute approximate surface area is 164 Å². The van der Waals surface area contributed by atoms with Crippen molar-refractivity contribution in [2.45, 2.75) is 6.04 Å². The molecule has 0 fully saturated rings. The molecule has 0 saturated heterocycles. The van der Waals surface area contributed by atoms with Gasteiger partial charge in [0.15, 0.2) is 5.11 Å². The van der Waals surface area contributed by atoms with Crippen molar-refractivity contribution in [3.63, 3.8) is 0 Å². The number of benzene rings is 2. The van der Waals surface area contributed by atoms with Crippen LogP contribution in [0.15, 0.2) is 42.5 Å². The molecule has 0 amide bonds. The zero-order valence-corrected chi connectivity index (χ0v) is 16.7. The maximum atomic E-state index is 6.17. The number of ether oxygens (including phenoxy) is 1. The monoisotopic (exact) mass is 398 g/mol. The summed E-state index contributed by atoms with van der Waals surface area (Å²) in [6, 6.07) is 13.4. The maximum Gasteiger partial charge on any atom is 0.171 e. The predicted octanol–water partition coefficient (Wildman–Crippen LogP) is 3.17. The number of quaternary nitrogens is 1. The van der Waals surface area contributed by atoms with Crippen LogP contribution >= 0.6 is 35.4 Å². The molecule has 0 heterocycles. The van der Waals surface area contributed by atoms with Crippen LogP contribution in [0.5, 0.6) is 5.75 Å². The lowest BCUT2D eigenvalue weighted by molar-refractivity contribution is -0.890. The summed E-state index contributed by atoms with van der Waals surface area (Å²) in [5.41, 5.74) is 1.85. The van der Waals surface area contributed by atoms with Gasteiger partial charge >= 0.3 is 0 Å². The summed E-state index contributed by atoms with van der Waals surface area (Å²) in [6.07, 6.45) is 0. The number of hydrogen-bond donors (Lipinski definition) is 3. The number of anilines is 1. The maximum absolute atomic E-state index is 6.17. The second-order valence-corrected chi connectivity index (χ2v) is 7.08. The molecule has 0 radical (unpaired) electrons.